The van der Waals surface area contributed by atoms with Gasteiger partial charge in [0.05, 0.1) is 11.7 Å². The number of carbonyl (C=O) groups excluding carboxylic acids is 2. The summed E-state index contributed by atoms with van der Waals surface area (Å²) < 4.78 is 21.9. The van der Waals surface area contributed by atoms with E-state index in [0.29, 0.717) is 30.6 Å². The summed E-state index contributed by atoms with van der Waals surface area (Å²) in [5.74, 6) is -0.678. The summed E-state index contributed by atoms with van der Waals surface area (Å²) in [4.78, 5) is 23.0. The highest BCUT2D eigenvalue weighted by Gasteiger charge is 2.24. The van der Waals surface area contributed by atoms with Crippen LogP contribution in [0.2, 0.25) is 0 Å². The normalized spacial score (nSPS) is 18.9. The molecule has 2 rings (SSSR count). The molecule has 0 saturated carbocycles. The van der Waals surface area contributed by atoms with Crippen molar-refractivity contribution in [2.24, 2.45) is 11.1 Å². The summed E-state index contributed by atoms with van der Waals surface area (Å²) in [6.07, 6.45) is 0.881. The first-order valence-corrected chi connectivity index (χ1v) is 8.22. The Morgan fingerprint density at radius 2 is 2.00 bits per heavy atom. The Labute approximate surface area is 123 Å². The summed E-state index contributed by atoms with van der Waals surface area (Å²) in [7, 11) is -3.56. The Morgan fingerprint density at radius 3 is 2.52 bits per heavy atom. The van der Waals surface area contributed by atoms with Gasteiger partial charge in [0.25, 0.3) is 0 Å². The van der Waals surface area contributed by atoms with Crippen LogP contribution in [0.15, 0.2) is 24.3 Å². The van der Waals surface area contributed by atoms with Crippen LogP contribution in [-0.2, 0) is 25.4 Å². The molecule has 1 unspecified atom stereocenters. The van der Waals surface area contributed by atoms with Crippen LogP contribution >= 0.6 is 0 Å². The minimum Gasteiger partial charge on any atom is -0.355 e. The van der Waals surface area contributed by atoms with Crippen molar-refractivity contribution >= 4 is 27.5 Å². The molecule has 1 aromatic carbocycles. The Hall–Kier alpha value is -1.93. The van der Waals surface area contributed by atoms with E-state index in [-0.39, 0.29) is 23.5 Å². The van der Waals surface area contributed by atoms with Gasteiger partial charge < -0.3 is 10.6 Å². The van der Waals surface area contributed by atoms with Gasteiger partial charge in [-0.3, -0.25) is 9.59 Å². The molecule has 7 nitrogen and oxygen atoms in total. The van der Waals surface area contributed by atoms with Crippen molar-refractivity contribution in [3.8, 4) is 0 Å². The topological polar surface area (TPSA) is 118 Å². The van der Waals surface area contributed by atoms with Crippen LogP contribution in [0.3, 0.4) is 0 Å². The van der Waals surface area contributed by atoms with Gasteiger partial charge >= 0.3 is 0 Å². The van der Waals surface area contributed by atoms with E-state index in [0.717, 1.165) is 0 Å². The van der Waals surface area contributed by atoms with E-state index in [1.54, 1.807) is 24.3 Å². The van der Waals surface area contributed by atoms with Gasteiger partial charge in [-0.25, -0.2) is 13.6 Å². The number of amides is 2. The average Bonchev–Trinajstić information content (AvgIpc) is 2.40. The van der Waals surface area contributed by atoms with Gasteiger partial charge in [-0.2, -0.15) is 0 Å². The number of nitrogens with two attached hydrogens (primary N) is 1. The molecule has 114 valence electrons. The highest BCUT2D eigenvalue weighted by atomic mass is 32.2. The molecule has 1 heterocycles. The SMILES string of the molecule is NS(=O)(=O)Cc1ccc(NC(=O)C2CCC(=O)NC2)cc1. The Bertz CT molecular complexity index is 630. The lowest BCUT2D eigenvalue weighted by Gasteiger charge is -2.21. The van der Waals surface area contributed by atoms with Crippen molar-refractivity contribution < 1.29 is 18.0 Å². The number of benzene rings is 1. The molecule has 0 spiro atoms. The zero-order chi connectivity index (χ0) is 15.5. The van der Waals surface area contributed by atoms with Crippen molar-refractivity contribution in [3.63, 3.8) is 0 Å². The van der Waals surface area contributed by atoms with Gasteiger partial charge in [-0.15, -0.1) is 0 Å². The van der Waals surface area contributed by atoms with Crippen LogP contribution in [0.5, 0.6) is 0 Å². The molecular weight excluding hydrogens is 294 g/mol. The van der Waals surface area contributed by atoms with Gasteiger partial charge in [0, 0.05) is 18.7 Å². The smallest absolute Gasteiger partial charge is 0.229 e. The van der Waals surface area contributed by atoms with Crippen LogP contribution in [0.1, 0.15) is 18.4 Å². The molecule has 0 bridgehead atoms. The maximum atomic E-state index is 12.0. The Balaban J connectivity index is 1.94. The third-order valence-corrected chi connectivity index (χ3v) is 3.96. The maximum absolute atomic E-state index is 12.0. The van der Waals surface area contributed by atoms with Crippen LogP contribution in [0.4, 0.5) is 5.69 Å². The minimum absolute atomic E-state index is 0.0357. The van der Waals surface area contributed by atoms with E-state index >= 15 is 0 Å². The van der Waals surface area contributed by atoms with E-state index in [9.17, 15) is 18.0 Å². The predicted molar refractivity (Wildman–Crippen MR) is 77.6 cm³/mol. The molecule has 8 heteroatoms. The third-order valence-electron chi connectivity index (χ3n) is 3.23. The van der Waals surface area contributed by atoms with E-state index in [4.69, 9.17) is 5.14 Å². The number of anilines is 1. The number of nitrogens with one attached hydrogen (secondary N) is 2. The molecule has 1 aromatic rings. The molecule has 1 aliphatic rings. The molecule has 0 radical (unpaired) electrons. The van der Waals surface area contributed by atoms with Crippen molar-refractivity contribution in [3.05, 3.63) is 29.8 Å². The first kappa shape index (κ1) is 15.5. The molecule has 1 atom stereocenters. The number of rotatable bonds is 4. The summed E-state index contributed by atoms with van der Waals surface area (Å²) in [5, 5.41) is 10.4. The molecular formula is C13H17N3O4S. The fourth-order valence-electron chi connectivity index (χ4n) is 2.12. The van der Waals surface area contributed by atoms with Crippen molar-refractivity contribution in [1.82, 2.24) is 5.32 Å². The predicted octanol–water partition coefficient (Wildman–Crippen LogP) is -0.0602. The summed E-state index contributed by atoms with van der Waals surface area (Å²) >= 11 is 0. The van der Waals surface area contributed by atoms with Crippen LogP contribution in [0, 0.1) is 5.92 Å². The molecule has 1 fully saturated rings. The number of piperidine rings is 1. The molecule has 0 aliphatic carbocycles. The Kier molecular flexibility index (Phi) is 4.59. The largest absolute Gasteiger partial charge is 0.355 e. The highest BCUT2D eigenvalue weighted by molar-refractivity contribution is 7.88. The van der Waals surface area contributed by atoms with E-state index in [1.165, 1.54) is 0 Å². The lowest BCUT2D eigenvalue weighted by molar-refractivity contribution is -0.126. The van der Waals surface area contributed by atoms with Gasteiger partial charge in [0.2, 0.25) is 21.8 Å². The van der Waals surface area contributed by atoms with Gasteiger partial charge in [-0.1, -0.05) is 12.1 Å². The quantitative estimate of drug-likeness (QED) is 0.721. The van der Waals surface area contributed by atoms with Gasteiger partial charge in [-0.05, 0) is 24.1 Å². The lowest BCUT2D eigenvalue weighted by Crippen LogP contribution is -2.40. The van der Waals surface area contributed by atoms with Gasteiger partial charge in [0.1, 0.15) is 0 Å². The van der Waals surface area contributed by atoms with Crippen LogP contribution in [0.25, 0.3) is 0 Å². The highest BCUT2D eigenvalue weighted by Crippen LogP contribution is 2.16. The first-order valence-electron chi connectivity index (χ1n) is 6.50. The molecule has 4 N–H and O–H groups in total. The fourth-order valence-corrected chi connectivity index (χ4v) is 2.77. The first-order chi connectivity index (χ1) is 9.83. The number of hydrogen-bond donors (Lipinski definition) is 3. The van der Waals surface area contributed by atoms with E-state index in [1.807, 2.05) is 0 Å². The minimum atomic E-state index is -3.56. The number of primary sulfonamides is 1. The Morgan fingerprint density at radius 1 is 1.33 bits per heavy atom. The second kappa shape index (κ2) is 6.23. The molecule has 1 aliphatic heterocycles. The van der Waals surface area contributed by atoms with E-state index < -0.39 is 10.0 Å². The van der Waals surface area contributed by atoms with Crippen LogP contribution < -0.4 is 15.8 Å². The number of hydrogen-bond acceptors (Lipinski definition) is 4. The van der Waals surface area contributed by atoms with Gasteiger partial charge in [0.15, 0.2) is 0 Å². The standard InChI is InChI=1S/C13H17N3O4S/c14-21(19,20)8-9-1-4-11(5-2-9)16-13(18)10-3-6-12(17)15-7-10/h1-2,4-5,10H,3,6-8H2,(H,15,17)(H,16,18)(H2,14,19,20). The average molecular weight is 311 g/mol. The summed E-state index contributed by atoms with van der Waals surface area (Å²) in [5.41, 5.74) is 1.13. The van der Waals surface area contributed by atoms with Crippen molar-refractivity contribution in [1.29, 1.82) is 0 Å². The van der Waals surface area contributed by atoms with Crippen molar-refractivity contribution in [2.45, 2.75) is 18.6 Å². The molecule has 21 heavy (non-hydrogen) atoms. The lowest BCUT2D eigenvalue weighted by atomic mass is 9.98. The monoisotopic (exact) mass is 311 g/mol. The molecule has 0 aromatic heterocycles. The third kappa shape index (κ3) is 4.83. The van der Waals surface area contributed by atoms with Crippen molar-refractivity contribution in [2.75, 3.05) is 11.9 Å². The summed E-state index contributed by atoms with van der Waals surface area (Å²) in [6.45, 7) is 0.341. The molecule has 2 amide bonds. The summed E-state index contributed by atoms with van der Waals surface area (Å²) in [6, 6.07) is 6.45. The number of carbonyl (C=O) groups is 2. The number of sulfonamides is 1. The zero-order valence-electron chi connectivity index (χ0n) is 11.3. The maximum Gasteiger partial charge on any atom is 0.229 e. The fraction of sp³-hybridized carbons (Fsp3) is 0.385. The second-order valence-electron chi connectivity index (χ2n) is 5.03. The second-order valence-corrected chi connectivity index (χ2v) is 6.65. The van der Waals surface area contributed by atoms with Crippen LogP contribution in [-0.4, -0.2) is 26.8 Å². The van der Waals surface area contributed by atoms with E-state index in [2.05, 4.69) is 10.6 Å². The zero-order valence-corrected chi connectivity index (χ0v) is 12.2. The molecule has 1 saturated heterocycles.